The zero-order valence-corrected chi connectivity index (χ0v) is 24.0. The Labute approximate surface area is 239 Å². The molecule has 4 heterocycles. The van der Waals surface area contributed by atoms with Gasteiger partial charge >= 0.3 is 0 Å². The summed E-state index contributed by atoms with van der Waals surface area (Å²) in [4.78, 5) is 10.8. The molecule has 5 heteroatoms. The minimum Gasteiger partial charge on any atom is -0.308 e. The maximum absolute atomic E-state index is 5.39. The lowest BCUT2D eigenvalue weighted by Crippen LogP contribution is -2.55. The Hall–Kier alpha value is -5.00. The van der Waals surface area contributed by atoms with Gasteiger partial charge in [0.1, 0.15) is 0 Å². The van der Waals surface area contributed by atoms with Crippen LogP contribution in [0.1, 0.15) is 0 Å². The predicted octanol–water partition coefficient (Wildman–Crippen LogP) is 7.49. The lowest BCUT2D eigenvalue weighted by atomic mass is 10.2. The highest BCUT2D eigenvalue weighted by molar-refractivity contribution is 6.99. The largest absolute Gasteiger partial charge is 0.308 e. The van der Waals surface area contributed by atoms with Crippen LogP contribution in [0.3, 0.4) is 0 Å². The van der Waals surface area contributed by atoms with Crippen molar-refractivity contribution in [3.8, 4) is 11.4 Å². The average Bonchev–Trinajstić information content (AvgIpc) is 3.54. The van der Waals surface area contributed by atoms with E-state index in [4.69, 9.17) is 9.97 Å². The third-order valence-corrected chi connectivity index (χ3v) is 11.5. The van der Waals surface area contributed by atoms with Gasteiger partial charge in [0.25, 0.3) is 0 Å². The molecule has 196 valence electrons. The van der Waals surface area contributed by atoms with E-state index < -0.39 is 8.07 Å². The smallest absolute Gasteiger partial charge is 0.158 e. The van der Waals surface area contributed by atoms with Gasteiger partial charge < -0.3 is 9.13 Å². The fraction of sp³-hybridized carbons (Fsp3) is 0.0556. The minimum absolute atomic E-state index is 1.05. The number of para-hydroxylation sites is 4. The summed E-state index contributed by atoms with van der Waals surface area (Å²) >= 11 is 0. The molecule has 0 amide bonds. The summed E-state index contributed by atoms with van der Waals surface area (Å²) in [6, 6.07) is 47.2. The zero-order valence-electron chi connectivity index (χ0n) is 23.0. The summed E-state index contributed by atoms with van der Waals surface area (Å²) in [5.41, 5.74) is 8.98. The molecule has 0 saturated carbocycles. The summed E-state index contributed by atoms with van der Waals surface area (Å²) in [7, 11) is -2.25. The van der Waals surface area contributed by atoms with Crippen molar-refractivity contribution in [1.29, 1.82) is 0 Å². The van der Waals surface area contributed by atoms with Crippen molar-refractivity contribution >= 4 is 62.6 Å². The van der Waals surface area contributed by atoms with Gasteiger partial charge in [0, 0.05) is 32.8 Å². The van der Waals surface area contributed by atoms with E-state index in [-0.39, 0.29) is 0 Å². The second-order valence-electron chi connectivity index (χ2n) is 11.1. The lowest BCUT2D eigenvalue weighted by molar-refractivity contribution is 1.18. The number of aromatic nitrogens is 4. The molecular formula is C36H28N4Si. The van der Waals surface area contributed by atoms with Gasteiger partial charge in [0.2, 0.25) is 0 Å². The Morgan fingerprint density at radius 1 is 0.415 bits per heavy atom. The fourth-order valence-corrected chi connectivity index (χ4v) is 8.24. The van der Waals surface area contributed by atoms with E-state index in [1.165, 1.54) is 21.8 Å². The minimum atomic E-state index is -2.25. The molecule has 0 aliphatic rings. The molecular weight excluding hydrogens is 517 g/mol. The van der Waals surface area contributed by atoms with Crippen molar-refractivity contribution in [2.24, 2.45) is 0 Å². The molecule has 4 nitrogen and oxygen atoms in total. The van der Waals surface area contributed by atoms with Crippen LogP contribution in [-0.4, -0.2) is 27.2 Å². The number of pyridine rings is 2. The Balaban J connectivity index is 1.32. The van der Waals surface area contributed by atoms with Crippen molar-refractivity contribution < 1.29 is 0 Å². The molecule has 0 atom stereocenters. The molecule has 4 aromatic heterocycles. The first kappa shape index (κ1) is 23.8. The monoisotopic (exact) mass is 544 g/mol. The first-order valence-electron chi connectivity index (χ1n) is 14.0. The summed E-state index contributed by atoms with van der Waals surface area (Å²) in [6.07, 6.45) is 0. The Morgan fingerprint density at radius 2 is 0.805 bits per heavy atom. The van der Waals surface area contributed by atoms with Crippen LogP contribution in [-0.2, 0) is 0 Å². The van der Waals surface area contributed by atoms with Crippen molar-refractivity contribution in [1.82, 2.24) is 19.1 Å². The van der Waals surface area contributed by atoms with Crippen molar-refractivity contribution in [3.05, 3.63) is 133 Å². The van der Waals surface area contributed by atoms with Crippen LogP contribution in [0, 0.1) is 0 Å². The van der Waals surface area contributed by atoms with E-state index in [0.29, 0.717) is 0 Å². The van der Waals surface area contributed by atoms with Gasteiger partial charge in [-0.2, -0.15) is 0 Å². The highest BCUT2D eigenvalue weighted by atomic mass is 28.3. The highest BCUT2D eigenvalue weighted by Crippen LogP contribution is 2.32. The second kappa shape index (κ2) is 9.01. The SMILES string of the molecule is C[Si](C)(c1ccc2c(n1)c1ccccc1n2-c1ccccc1)c1ccc2c(n1)c1ccccc1n2-c1ccccc1. The number of rotatable bonds is 4. The Kier molecular flexibility index (Phi) is 5.24. The van der Waals surface area contributed by atoms with Gasteiger partial charge in [-0.15, -0.1) is 0 Å². The number of nitrogens with zero attached hydrogens (tertiary/aromatic N) is 4. The molecule has 0 unspecified atom stereocenters. The summed E-state index contributed by atoms with van der Waals surface area (Å²) in [6.45, 7) is 4.73. The molecule has 41 heavy (non-hydrogen) atoms. The molecule has 8 aromatic rings. The molecule has 0 bridgehead atoms. The van der Waals surface area contributed by atoms with Crippen LogP contribution >= 0.6 is 0 Å². The molecule has 0 aliphatic heterocycles. The molecule has 4 aromatic carbocycles. The molecule has 0 radical (unpaired) electrons. The van der Waals surface area contributed by atoms with Crippen LogP contribution < -0.4 is 10.6 Å². The van der Waals surface area contributed by atoms with E-state index >= 15 is 0 Å². The summed E-state index contributed by atoms with van der Waals surface area (Å²) < 4.78 is 4.64. The van der Waals surface area contributed by atoms with Crippen LogP contribution in [0.4, 0.5) is 0 Å². The molecule has 0 saturated heterocycles. The first-order chi connectivity index (χ1) is 20.1. The van der Waals surface area contributed by atoms with Crippen LogP contribution in [0.2, 0.25) is 13.1 Å². The van der Waals surface area contributed by atoms with E-state index in [2.05, 4.69) is 156 Å². The third-order valence-electron chi connectivity index (χ3n) is 8.34. The molecule has 0 N–H and O–H groups in total. The van der Waals surface area contributed by atoms with Crippen molar-refractivity contribution in [2.75, 3.05) is 0 Å². The van der Waals surface area contributed by atoms with Gasteiger partial charge in [0.05, 0.1) is 33.1 Å². The van der Waals surface area contributed by atoms with E-state index in [9.17, 15) is 0 Å². The van der Waals surface area contributed by atoms with E-state index in [0.717, 1.165) is 44.1 Å². The first-order valence-corrected chi connectivity index (χ1v) is 17.0. The molecule has 0 aliphatic carbocycles. The Bertz CT molecular complexity index is 2070. The molecule has 8 rings (SSSR count). The topological polar surface area (TPSA) is 35.6 Å². The van der Waals surface area contributed by atoms with Gasteiger partial charge in [-0.25, -0.2) is 0 Å². The highest BCUT2D eigenvalue weighted by Gasteiger charge is 2.31. The van der Waals surface area contributed by atoms with Gasteiger partial charge in [-0.05, 0) is 60.7 Å². The van der Waals surface area contributed by atoms with E-state index in [1.54, 1.807) is 0 Å². The van der Waals surface area contributed by atoms with E-state index in [1.807, 2.05) is 0 Å². The standard InChI is InChI=1S/C36H28N4Si/c1-41(2,33-23-21-31-35(37-33)27-17-9-11-19-29(27)39(31)25-13-5-3-6-14-25)34-24-22-32-36(38-34)28-18-10-12-20-30(28)40(32)26-15-7-4-8-16-26/h3-24H,1-2H3. The lowest BCUT2D eigenvalue weighted by Gasteiger charge is -2.21. The maximum Gasteiger partial charge on any atom is 0.158 e. The third kappa shape index (κ3) is 3.59. The summed E-state index contributed by atoms with van der Waals surface area (Å²) in [5.74, 6) is 0. The van der Waals surface area contributed by atoms with Crippen molar-refractivity contribution in [3.63, 3.8) is 0 Å². The zero-order chi connectivity index (χ0) is 27.6. The van der Waals surface area contributed by atoms with Crippen LogP contribution in [0.5, 0.6) is 0 Å². The number of benzene rings is 4. The summed E-state index contributed by atoms with van der Waals surface area (Å²) in [5, 5.41) is 4.62. The van der Waals surface area contributed by atoms with Gasteiger partial charge in [-0.1, -0.05) is 85.9 Å². The second-order valence-corrected chi connectivity index (χ2v) is 15.4. The number of hydrogen-bond acceptors (Lipinski definition) is 2. The quantitative estimate of drug-likeness (QED) is 0.215. The van der Waals surface area contributed by atoms with Crippen molar-refractivity contribution in [2.45, 2.75) is 13.1 Å². The Morgan fingerprint density at radius 3 is 1.24 bits per heavy atom. The maximum atomic E-state index is 5.39. The van der Waals surface area contributed by atoms with Gasteiger partial charge in [0.15, 0.2) is 8.07 Å². The fourth-order valence-electron chi connectivity index (χ4n) is 6.20. The van der Waals surface area contributed by atoms with Crippen LogP contribution in [0.15, 0.2) is 133 Å². The normalized spacial score (nSPS) is 12.1. The number of fused-ring (bicyclic) bond motifs is 6. The molecule has 0 fully saturated rings. The molecule has 0 spiro atoms. The average molecular weight is 545 g/mol. The van der Waals surface area contributed by atoms with Gasteiger partial charge in [-0.3, -0.25) is 9.97 Å². The predicted molar refractivity (Wildman–Crippen MR) is 174 cm³/mol. The number of hydrogen-bond donors (Lipinski definition) is 0. The van der Waals surface area contributed by atoms with Crippen LogP contribution in [0.25, 0.3) is 55.2 Å².